The Labute approximate surface area is 187 Å². The van der Waals surface area contributed by atoms with Gasteiger partial charge in [-0.1, -0.05) is 30.3 Å². The predicted octanol–water partition coefficient (Wildman–Crippen LogP) is 4.61. The van der Waals surface area contributed by atoms with Gasteiger partial charge in [-0.3, -0.25) is 9.97 Å². The lowest BCUT2D eigenvalue weighted by molar-refractivity contribution is 0.622. The molecule has 0 amide bonds. The van der Waals surface area contributed by atoms with Crippen LogP contribution in [0.25, 0.3) is 0 Å². The maximum atomic E-state index is 13.8. The minimum Gasteiger partial charge on any atom is -0.369 e. The highest BCUT2D eigenvalue weighted by molar-refractivity contribution is 5.44. The van der Waals surface area contributed by atoms with Gasteiger partial charge in [-0.05, 0) is 60.1 Å². The highest BCUT2D eigenvalue weighted by Crippen LogP contribution is 2.42. The van der Waals surface area contributed by atoms with E-state index in [0.29, 0.717) is 0 Å². The molecule has 1 atom stereocenters. The number of nitrogens with one attached hydrogen (secondary N) is 2. The molecule has 32 heavy (non-hydrogen) atoms. The van der Waals surface area contributed by atoms with Crippen molar-refractivity contribution in [2.75, 3.05) is 25.5 Å². The van der Waals surface area contributed by atoms with Gasteiger partial charge >= 0.3 is 0 Å². The second-order valence-electron chi connectivity index (χ2n) is 7.56. The topological polar surface area (TPSA) is 62.7 Å². The van der Waals surface area contributed by atoms with Gasteiger partial charge in [-0.25, -0.2) is 9.37 Å². The molecule has 162 valence electrons. The molecule has 0 fully saturated rings. The molecule has 5 nitrogen and oxygen atoms in total. The van der Waals surface area contributed by atoms with Crippen LogP contribution in [-0.2, 0) is 0 Å². The number of hydrogen-bond donors (Lipinski definition) is 2. The maximum Gasteiger partial charge on any atom is 0.126 e. The van der Waals surface area contributed by atoms with E-state index in [0.717, 1.165) is 41.3 Å². The van der Waals surface area contributed by atoms with E-state index in [1.54, 1.807) is 12.4 Å². The Morgan fingerprint density at radius 1 is 0.750 bits per heavy atom. The van der Waals surface area contributed by atoms with Crippen molar-refractivity contribution in [3.05, 3.63) is 120 Å². The van der Waals surface area contributed by atoms with E-state index in [-0.39, 0.29) is 17.7 Å². The van der Waals surface area contributed by atoms with Crippen molar-refractivity contribution < 1.29 is 4.39 Å². The standard InChI is InChI=1S/C26H26FN5/c1-28-15-16-31-24-8-2-7-23(32-24)26(19-9-11-22(27)12-10-19)25(20-5-3-13-29-17-20)21-6-4-14-30-18-21/h2-14,17-18,25-26,28H,15-16H2,1H3,(H,31,32). The van der Waals surface area contributed by atoms with Crippen molar-refractivity contribution in [2.24, 2.45) is 0 Å². The molecule has 3 heterocycles. The van der Waals surface area contributed by atoms with Gasteiger partial charge in [-0.2, -0.15) is 0 Å². The zero-order valence-electron chi connectivity index (χ0n) is 17.9. The quantitative estimate of drug-likeness (QED) is 0.382. The summed E-state index contributed by atoms with van der Waals surface area (Å²) in [5, 5.41) is 6.49. The number of rotatable bonds is 9. The normalized spacial score (nSPS) is 12.0. The monoisotopic (exact) mass is 427 g/mol. The summed E-state index contributed by atoms with van der Waals surface area (Å²) >= 11 is 0. The number of likely N-dealkylation sites (N-methyl/N-ethyl adjacent to an activating group) is 1. The lowest BCUT2D eigenvalue weighted by atomic mass is 9.76. The van der Waals surface area contributed by atoms with Gasteiger partial charge in [0, 0.05) is 49.7 Å². The minimum absolute atomic E-state index is 0.0945. The number of halogens is 1. The first-order valence-corrected chi connectivity index (χ1v) is 10.7. The van der Waals surface area contributed by atoms with Crippen molar-refractivity contribution in [2.45, 2.75) is 11.8 Å². The van der Waals surface area contributed by atoms with Crippen LogP contribution in [0.15, 0.2) is 91.5 Å². The Morgan fingerprint density at radius 3 is 2.03 bits per heavy atom. The van der Waals surface area contributed by atoms with Crippen LogP contribution in [0.3, 0.4) is 0 Å². The predicted molar refractivity (Wildman–Crippen MR) is 125 cm³/mol. The molecule has 0 spiro atoms. The summed E-state index contributed by atoms with van der Waals surface area (Å²) in [6.45, 7) is 1.60. The number of aromatic nitrogens is 3. The molecule has 4 rings (SSSR count). The van der Waals surface area contributed by atoms with E-state index < -0.39 is 0 Å². The smallest absolute Gasteiger partial charge is 0.126 e. The summed E-state index contributed by atoms with van der Waals surface area (Å²) in [6.07, 6.45) is 7.29. The van der Waals surface area contributed by atoms with Crippen molar-refractivity contribution >= 4 is 5.82 Å². The van der Waals surface area contributed by atoms with Crippen molar-refractivity contribution in [3.63, 3.8) is 0 Å². The maximum absolute atomic E-state index is 13.8. The lowest BCUT2D eigenvalue weighted by Gasteiger charge is -2.28. The Bertz CT molecular complexity index is 1060. The summed E-state index contributed by atoms with van der Waals surface area (Å²) < 4.78 is 13.8. The van der Waals surface area contributed by atoms with Crippen molar-refractivity contribution in [1.82, 2.24) is 20.3 Å². The number of hydrogen-bond acceptors (Lipinski definition) is 5. The molecule has 0 aliphatic rings. The first kappa shape index (κ1) is 21.6. The summed E-state index contributed by atoms with van der Waals surface area (Å²) in [5.74, 6) is 0.293. The zero-order chi connectivity index (χ0) is 22.2. The zero-order valence-corrected chi connectivity index (χ0v) is 17.9. The van der Waals surface area contributed by atoms with Crippen LogP contribution in [-0.4, -0.2) is 35.1 Å². The Hall–Kier alpha value is -3.64. The minimum atomic E-state index is -0.262. The molecule has 4 aromatic rings. The summed E-state index contributed by atoms with van der Waals surface area (Å²) in [4.78, 5) is 13.7. The fourth-order valence-electron chi connectivity index (χ4n) is 3.94. The van der Waals surface area contributed by atoms with E-state index in [9.17, 15) is 4.39 Å². The van der Waals surface area contributed by atoms with Crippen LogP contribution >= 0.6 is 0 Å². The van der Waals surface area contributed by atoms with Crippen LogP contribution in [0.2, 0.25) is 0 Å². The average Bonchev–Trinajstić information content (AvgIpc) is 2.85. The molecule has 0 bridgehead atoms. The van der Waals surface area contributed by atoms with E-state index in [1.165, 1.54) is 12.1 Å². The second-order valence-corrected chi connectivity index (χ2v) is 7.56. The number of anilines is 1. The van der Waals surface area contributed by atoms with Gasteiger partial charge < -0.3 is 10.6 Å². The molecular weight excluding hydrogens is 401 g/mol. The molecule has 0 radical (unpaired) electrons. The fraction of sp³-hybridized carbons (Fsp3) is 0.192. The lowest BCUT2D eigenvalue weighted by Crippen LogP contribution is -2.19. The molecule has 2 N–H and O–H groups in total. The third-order valence-corrected chi connectivity index (χ3v) is 5.42. The Morgan fingerprint density at radius 2 is 1.44 bits per heavy atom. The van der Waals surface area contributed by atoms with Crippen LogP contribution in [0.4, 0.5) is 10.2 Å². The van der Waals surface area contributed by atoms with Crippen molar-refractivity contribution in [1.29, 1.82) is 0 Å². The van der Waals surface area contributed by atoms with Gasteiger partial charge in [0.15, 0.2) is 0 Å². The van der Waals surface area contributed by atoms with Crippen LogP contribution in [0.1, 0.15) is 34.2 Å². The van der Waals surface area contributed by atoms with Crippen LogP contribution in [0.5, 0.6) is 0 Å². The SMILES string of the molecule is CNCCNc1cccc(C(c2ccc(F)cc2)C(c2cccnc2)c2cccnc2)n1. The van der Waals surface area contributed by atoms with E-state index >= 15 is 0 Å². The summed E-state index contributed by atoms with van der Waals surface area (Å²) in [7, 11) is 1.92. The summed E-state index contributed by atoms with van der Waals surface area (Å²) in [5.41, 5.74) is 3.96. The van der Waals surface area contributed by atoms with Gasteiger partial charge in [0.25, 0.3) is 0 Å². The molecule has 3 aromatic heterocycles. The number of pyridine rings is 3. The highest BCUT2D eigenvalue weighted by Gasteiger charge is 2.30. The Balaban J connectivity index is 1.85. The van der Waals surface area contributed by atoms with E-state index in [4.69, 9.17) is 4.98 Å². The van der Waals surface area contributed by atoms with Gasteiger partial charge in [0.2, 0.25) is 0 Å². The Kier molecular flexibility index (Phi) is 7.15. The molecule has 0 aliphatic carbocycles. The molecule has 0 saturated carbocycles. The van der Waals surface area contributed by atoms with Gasteiger partial charge in [0.1, 0.15) is 11.6 Å². The molecular formula is C26H26FN5. The van der Waals surface area contributed by atoms with E-state index in [1.807, 2.05) is 61.9 Å². The third-order valence-electron chi connectivity index (χ3n) is 5.42. The largest absolute Gasteiger partial charge is 0.369 e. The van der Waals surface area contributed by atoms with Crippen LogP contribution in [0, 0.1) is 5.82 Å². The molecule has 1 unspecified atom stereocenters. The molecule has 1 aromatic carbocycles. The van der Waals surface area contributed by atoms with Gasteiger partial charge in [-0.15, -0.1) is 0 Å². The molecule has 0 saturated heterocycles. The molecule has 6 heteroatoms. The van der Waals surface area contributed by atoms with Gasteiger partial charge in [0.05, 0.1) is 5.69 Å². The molecule has 0 aliphatic heterocycles. The summed E-state index contributed by atoms with van der Waals surface area (Å²) in [6, 6.07) is 20.7. The average molecular weight is 428 g/mol. The highest BCUT2D eigenvalue weighted by atomic mass is 19.1. The van der Waals surface area contributed by atoms with Crippen LogP contribution < -0.4 is 10.6 Å². The third kappa shape index (κ3) is 5.15. The fourth-order valence-corrected chi connectivity index (χ4v) is 3.94. The first-order valence-electron chi connectivity index (χ1n) is 10.7. The number of benzene rings is 1. The van der Waals surface area contributed by atoms with Crippen molar-refractivity contribution in [3.8, 4) is 0 Å². The number of nitrogens with zero attached hydrogens (tertiary/aromatic N) is 3. The first-order chi connectivity index (χ1) is 15.8. The second kappa shape index (κ2) is 10.6. The van der Waals surface area contributed by atoms with E-state index in [2.05, 4.69) is 32.7 Å².